The van der Waals surface area contributed by atoms with Crippen LogP contribution in [0.4, 0.5) is 10.2 Å². The van der Waals surface area contributed by atoms with E-state index in [4.69, 9.17) is 15.2 Å². The molecule has 2 amide bonds. The molecule has 9 heteroatoms. The fraction of sp³-hybridized carbons (Fsp3) is 0.188. The van der Waals surface area contributed by atoms with Gasteiger partial charge in [-0.2, -0.15) is 0 Å². The number of methoxy groups -OCH3 is 1. The third-order valence-corrected chi connectivity index (χ3v) is 3.66. The van der Waals surface area contributed by atoms with E-state index in [1.54, 1.807) is 0 Å². The van der Waals surface area contributed by atoms with Crippen molar-refractivity contribution in [2.45, 2.75) is 0 Å². The van der Waals surface area contributed by atoms with Gasteiger partial charge in [0, 0.05) is 19.2 Å². The lowest BCUT2D eigenvalue weighted by Gasteiger charge is -2.16. The number of nitrogens with two attached hydrogens (primary N) is 1. The molecule has 1 aromatic heterocycles. The molecular formula is C16H14FN3O5. The minimum Gasteiger partial charge on any atom is -0.489 e. The Bertz CT molecular complexity index is 938. The van der Waals surface area contributed by atoms with Crippen LogP contribution in [-0.4, -0.2) is 36.7 Å². The predicted molar refractivity (Wildman–Crippen MR) is 85.6 cm³/mol. The molecule has 1 aromatic carbocycles. The molecule has 0 spiro atoms. The van der Waals surface area contributed by atoms with E-state index in [1.807, 2.05) is 0 Å². The number of aromatic nitrogens is 1. The van der Waals surface area contributed by atoms with Crippen LogP contribution in [0.2, 0.25) is 0 Å². The number of carbonyl (C=O) groups is 2. The number of amides is 2. The van der Waals surface area contributed by atoms with Crippen molar-refractivity contribution >= 4 is 17.6 Å². The first-order valence-electron chi connectivity index (χ1n) is 7.27. The average Bonchev–Trinajstić information content (AvgIpc) is 2.83. The number of benzene rings is 1. The van der Waals surface area contributed by atoms with Gasteiger partial charge in [-0.15, -0.1) is 0 Å². The average molecular weight is 347 g/mol. The van der Waals surface area contributed by atoms with E-state index in [0.717, 1.165) is 22.8 Å². The Morgan fingerprint density at radius 1 is 1.16 bits per heavy atom. The third-order valence-electron chi connectivity index (χ3n) is 3.66. The normalized spacial score (nSPS) is 12.9. The topological polar surface area (TPSA) is 113 Å². The van der Waals surface area contributed by atoms with Crippen LogP contribution in [0.15, 0.2) is 29.1 Å². The number of nitrogen functional groups attached to an aromatic ring is 1. The first-order chi connectivity index (χ1) is 11.9. The SMILES string of the molecule is COCCOc1ccc(F)cc1-n1c(N)c2c(cc1=O)C(=O)NC2=O. The molecule has 0 saturated heterocycles. The number of hydrogen-bond acceptors (Lipinski definition) is 6. The smallest absolute Gasteiger partial charge is 0.262 e. The molecule has 0 saturated carbocycles. The molecule has 0 aliphatic carbocycles. The first kappa shape index (κ1) is 16.7. The lowest BCUT2D eigenvalue weighted by atomic mass is 10.1. The van der Waals surface area contributed by atoms with Gasteiger partial charge in [-0.3, -0.25) is 24.3 Å². The maximum Gasteiger partial charge on any atom is 0.262 e. The van der Waals surface area contributed by atoms with Crippen LogP contribution in [0.5, 0.6) is 5.75 Å². The molecular weight excluding hydrogens is 333 g/mol. The number of rotatable bonds is 5. The number of imide groups is 1. The Kier molecular flexibility index (Phi) is 4.24. The van der Waals surface area contributed by atoms with Crippen LogP contribution >= 0.6 is 0 Å². The summed E-state index contributed by atoms with van der Waals surface area (Å²) in [5.41, 5.74) is 5.03. The van der Waals surface area contributed by atoms with Crippen molar-refractivity contribution in [2.24, 2.45) is 0 Å². The van der Waals surface area contributed by atoms with Gasteiger partial charge in [-0.25, -0.2) is 4.39 Å². The molecule has 0 atom stereocenters. The molecule has 0 unspecified atom stereocenters. The summed E-state index contributed by atoms with van der Waals surface area (Å²) in [6, 6.07) is 4.54. The van der Waals surface area contributed by atoms with E-state index >= 15 is 0 Å². The molecule has 0 radical (unpaired) electrons. The molecule has 2 heterocycles. The highest BCUT2D eigenvalue weighted by molar-refractivity contribution is 6.23. The van der Waals surface area contributed by atoms with Crippen LogP contribution in [-0.2, 0) is 4.74 Å². The number of fused-ring (bicyclic) bond motifs is 1. The number of pyridine rings is 1. The quantitative estimate of drug-likeness (QED) is 0.600. The summed E-state index contributed by atoms with van der Waals surface area (Å²) in [6.07, 6.45) is 0. The second-order valence-corrected chi connectivity index (χ2v) is 5.23. The number of halogens is 1. The summed E-state index contributed by atoms with van der Waals surface area (Å²) in [6.45, 7) is 0.440. The zero-order valence-electron chi connectivity index (χ0n) is 13.2. The van der Waals surface area contributed by atoms with Gasteiger partial charge in [0.1, 0.15) is 24.0 Å². The summed E-state index contributed by atoms with van der Waals surface area (Å²) >= 11 is 0. The number of carbonyl (C=O) groups excluding carboxylic acids is 2. The van der Waals surface area contributed by atoms with Crippen molar-refractivity contribution in [1.29, 1.82) is 0 Å². The zero-order valence-corrected chi connectivity index (χ0v) is 13.2. The van der Waals surface area contributed by atoms with Gasteiger partial charge in [0.15, 0.2) is 0 Å². The van der Waals surface area contributed by atoms with E-state index in [-0.39, 0.29) is 41.6 Å². The summed E-state index contributed by atoms with van der Waals surface area (Å²) in [5.74, 6) is -2.14. The summed E-state index contributed by atoms with van der Waals surface area (Å²) in [7, 11) is 1.49. The number of nitrogens with one attached hydrogen (secondary N) is 1. The molecule has 1 aliphatic rings. The Morgan fingerprint density at radius 2 is 1.92 bits per heavy atom. The van der Waals surface area contributed by atoms with Crippen molar-refractivity contribution < 1.29 is 23.5 Å². The fourth-order valence-corrected chi connectivity index (χ4v) is 2.55. The molecule has 3 rings (SSSR count). The van der Waals surface area contributed by atoms with Gasteiger partial charge >= 0.3 is 0 Å². The van der Waals surface area contributed by atoms with E-state index in [2.05, 4.69) is 5.32 Å². The van der Waals surface area contributed by atoms with Crippen molar-refractivity contribution in [1.82, 2.24) is 9.88 Å². The summed E-state index contributed by atoms with van der Waals surface area (Å²) < 4.78 is 25.0. The number of ether oxygens (including phenoxy) is 2. The number of hydrogen-bond donors (Lipinski definition) is 2. The highest BCUT2D eigenvalue weighted by Crippen LogP contribution is 2.28. The number of anilines is 1. The van der Waals surface area contributed by atoms with E-state index < -0.39 is 23.2 Å². The van der Waals surface area contributed by atoms with Gasteiger partial charge in [0.2, 0.25) is 0 Å². The van der Waals surface area contributed by atoms with Gasteiger partial charge in [0.05, 0.1) is 23.4 Å². The Labute approximate surface area is 141 Å². The molecule has 25 heavy (non-hydrogen) atoms. The molecule has 2 aromatic rings. The van der Waals surface area contributed by atoms with Gasteiger partial charge in [-0.05, 0) is 12.1 Å². The van der Waals surface area contributed by atoms with Crippen molar-refractivity contribution in [3.05, 3.63) is 51.6 Å². The Hall–Kier alpha value is -3.20. The minimum absolute atomic E-state index is 0.0218. The summed E-state index contributed by atoms with van der Waals surface area (Å²) in [5, 5.41) is 2.06. The Morgan fingerprint density at radius 3 is 2.64 bits per heavy atom. The van der Waals surface area contributed by atoms with E-state index in [1.165, 1.54) is 13.2 Å². The van der Waals surface area contributed by atoms with Gasteiger partial charge < -0.3 is 15.2 Å². The Balaban J connectivity index is 2.19. The van der Waals surface area contributed by atoms with Crippen LogP contribution in [0, 0.1) is 5.82 Å². The van der Waals surface area contributed by atoms with Crippen LogP contribution in [0.3, 0.4) is 0 Å². The molecule has 0 fully saturated rings. The summed E-state index contributed by atoms with van der Waals surface area (Å²) in [4.78, 5) is 36.0. The molecule has 3 N–H and O–H groups in total. The molecule has 1 aliphatic heterocycles. The monoisotopic (exact) mass is 347 g/mol. The number of nitrogens with zero attached hydrogens (tertiary/aromatic N) is 1. The second kappa shape index (κ2) is 6.36. The largest absolute Gasteiger partial charge is 0.489 e. The lowest BCUT2D eigenvalue weighted by Crippen LogP contribution is -2.25. The van der Waals surface area contributed by atoms with E-state index in [9.17, 15) is 18.8 Å². The van der Waals surface area contributed by atoms with E-state index in [0.29, 0.717) is 0 Å². The van der Waals surface area contributed by atoms with Crippen molar-refractivity contribution in [3.63, 3.8) is 0 Å². The molecule has 130 valence electrons. The van der Waals surface area contributed by atoms with Gasteiger partial charge in [-0.1, -0.05) is 0 Å². The highest BCUT2D eigenvalue weighted by atomic mass is 19.1. The standard InChI is InChI=1S/C16H14FN3O5/c1-24-4-5-25-11-3-2-8(17)6-10(11)20-12(21)7-9-13(14(20)18)16(23)19-15(9)22/h2-3,6-7H,4-5,18H2,1H3,(H,19,22,23). The van der Waals surface area contributed by atoms with Crippen LogP contribution < -0.4 is 21.3 Å². The van der Waals surface area contributed by atoms with Gasteiger partial charge in [0.25, 0.3) is 17.4 Å². The van der Waals surface area contributed by atoms with Crippen LogP contribution in [0.25, 0.3) is 5.69 Å². The fourth-order valence-electron chi connectivity index (χ4n) is 2.55. The molecule has 0 bridgehead atoms. The molecule has 8 nitrogen and oxygen atoms in total. The minimum atomic E-state index is -0.718. The zero-order chi connectivity index (χ0) is 18.1. The van der Waals surface area contributed by atoms with Crippen molar-refractivity contribution in [3.8, 4) is 11.4 Å². The van der Waals surface area contributed by atoms with Crippen LogP contribution in [0.1, 0.15) is 20.7 Å². The first-order valence-corrected chi connectivity index (χ1v) is 7.27. The third kappa shape index (κ3) is 2.85. The highest BCUT2D eigenvalue weighted by Gasteiger charge is 2.32. The lowest BCUT2D eigenvalue weighted by molar-refractivity contribution is 0.0880. The van der Waals surface area contributed by atoms with Crippen molar-refractivity contribution in [2.75, 3.05) is 26.1 Å². The maximum absolute atomic E-state index is 13.7. The predicted octanol–water partition coefficient (Wildman–Crippen LogP) is 0.468. The maximum atomic E-state index is 13.7. The second-order valence-electron chi connectivity index (χ2n) is 5.23.